The summed E-state index contributed by atoms with van der Waals surface area (Å²) < 4.78 is 11.7. The van der Waals surface area contributed by atoms with Crippen molar-refractivity contribution in [2.24, 2.45) is 0 Å². The van der Waals surface area contributed by atoms with Crippen LogP contribution in [0, 0.1) is 13.8 Å². The summed E-state index contributed by atoms with van der Waals surface area (Å²) in [6, 6.07) is 6.30. The second-order valence-electron chi connectivity index (χ2n) is 6.97. The Morgan fingerprint density at radius 3 is 2.52 bits per heavy atom. The first kappa shape index (κ1) is 14.9. The molecular weight excluding hydrogens is 290 g/mol. The fourth-order valence-corrected chi connectivity index (χ4v) is 3.39. The van der Waals surface area contributed by atoms with Crippen molar-refractivity contribution in [1.82, 2.24) is 5.16 Å². The first-order valence-corrected chi connectivity index (χ1v) is 8.48. The molecule has 122 valence electrons. The molecule has 1 aromatic heterocycles. The van der Waals surface area contributed by atoms with E-state index in [-0.39, 0.29) is 12.2 Å². The Balaban J connectivity index is 1.66. The van der Waals surface area contributed by atoms with Gasteiger partial charge in [-0.2, -0.15) is 0 Å². The van der Waals surface area contributed by atoms with Crippen molar-refractivity contribution < 1.29 is 14.4 Å². The van der Waals surface area contributed by atoms with Crippen molar-refractivity contribution in [2.75, 3.05) is 0 Å². The molecule has 4 rings (SSSR count). The number of aliphatic hydroxyl groups is 1. The highest BCUT2D eigenvalue weighted by Gasteiger charge is 2.34. The van der Waals surface area contributed by atoms with E-state index >= 15 is 0 Å². The van der Waals surface area contributed by atoms with Crippen LogP contribution < -0.4 is 0 Å². The van der Waals surface area contributed by atoms with Crippen LogP contribution in [0.5, 0.6) is 0 Å². The Morgan fingerprint density at radius 2 is 1.91 bits per heavy atom. The highest BCUT2D eigenvalue weighted by Crippen LogP contribution is 2.45. The van der Waals surface area contributed by atoms with E-state index in [0.717, 1.165) is 35.4 Å². The van der Waals surface area contributed by atoms with E-state index in [1.807, 2.05) is 0 Å². The summed E-state index contributed by atoms with van der Waals surface area (Å²) in [6.45, 7) is 4.75. The Bertz CT molecular complexity index is 691. The molecule has 1 aromatic carbocycles. The van der Waals surface area contributed by atoms with Gasteiger partial charge in [0.05, 0.1) is 18.8 Å². The molecule has 2 aromatic rings. The SMILES string of the molecule is Cc1cccc(C)c1-c1noc(C2CC2)c1COC1CC(O)C1. The molecule has 2 aliphatic rings. The fourth-order valence-electron chi connectivity index (χ4n) is 3.39. The Morgan fingerprint density at radius 1 is 1.22 bits per heavy atom. The van der Waals surface area contributed by atoms with Crippen LogP contribution in [0.25, 0.3) is 11.3 Å². The first-order chi connectivity index (χ1) is 11.1. The second-order valence-corrected chi connectivity index (χ2v) is 6.97. The van der Waals surface area contributed by atoms with Gasteiger partial charge < -0.3 is 14.4 Å². The van der Waals surface area contributed by atoms with Gasteiger partial charge in [-0.15, -0.1) is 0 Å². The summed E-state index contributed by atoms with van der Waals surface area (Å²) >= 11 is 0. The van der Waals surface area contributed by atoms with E-state index in [0.29, 0.717) is 12.5 Å². The number of rotatable bonds is 5. The van der Waals surface area contributed by atoms with Gasteiger partial charge in [-0.3, -0.25) is 0 Å². The van der Waals surface area contributed by atoms with Gasteiger partial charge in [0.15, 0.2) is 0 Å². The average Bonchev–Trinajstić information content (AvgIpc) is 3.24. The van der Waals surface area contributed by atoms with E-state index in [1.54, 1.807) is 0 Å². The Labute approximate surface area is 136 Å². The van der Waals surface area contributed by atoms with Crippen molar-refractivity contribution in [3.05, 3.63) is 40.6 Å². The van der Waals surface area contributed by atoms with Crippen molar-refractivity contribution >= 4 is 0 Å². The number of aliphatic hydroxyl groups excluding tert-OH is 1. The third kappa shape index (κ3) is 2.81. The number of benzene rings is 1. The van der Waals surface area contributed by atoms with E-state index < -0.39 is 0 Å². The van der Waals surface area contributed by atoms with Crippen LogP contribution in [-0.2, 0) is 11.3 Å². The molecule has 4 nitrogen and oxygen atoms in total. The maximum Gasteiger partial charge on any atom is 0.145 e. The van der Waals surface area contributed by atoms with Gasteiger partial charge >= 0.3 is 0 Å². The van der Waals surface area contributed by atoms with Crippen LogP contribution in [0.15, 0.2) is 22.7 Å². The number of hydrogen-bond donors (Lipinski definition) is 1. The molecule has 0 aliphatic heterocycles. The van der Waals surface area contributed by atoms with Gasteiger partial charge in [-0.25, -0.2) is 0 Å². The number of ether oxygens (including phenoxy) is 1. The standard InChI is InChI=1S/C19H23NO3/c1-11-4-3-5-12(2)17(11)18-16(10-22-15-8-14(21)9-15)19(23-20-18)13-6-7-13/h3-5,13-15,21H,6-10H2,1-2H3. The number of aromatic nitrogens is 1. The van der Waals surface area contributed by atoms with Gasteiger partial charge in [0.25, 0.3) is 0 Å². The molecule has 0 amide bonds. The number of nitrogens with zero attached hydrogens (tertiary/aromatic N) is 1. The van der Waals surface area contributed by atoms with Crippen LogP contribution in [-0.4, -0.2) is 22.5 Å². The van der Waals surface area contributed by atoms with Gasteiger partial charge in [-0.1, -0.05) is 23.4 Å². The zero-order chi connectivity index (χ0) is 16.0. The van der Waals surface area contributed by atoms with Crippen LogP contribution in [0.3, 0.4) is 0 Å². The largest absolute Gasteiger partial charge is 0.393 e. The predicted octanol–water partition coefficient (Wildman–Crippen LogP) is 3.88. The molecule has 0 atom stereocenters. The summed E-state index contributed by atoms with van der Waals surface area (Å²) in [6.07, 6.45) is 3.81. The van der Waals surface area contributed by atoms with Gasteiger partial charge in [0.2, 0.25) is 0 Å². The Kier molecular flexibility index (Phi) is 3.74. The van der Waals surface area contributed by atoms with E-state index in [2.05, 4.69) is 37.2 Å². The highest BCUT2D eigenvalue weighted by atomic mass is 16.5. The molecule has 23 heavy (non-hydrogen) atoms. The summed E-state index contributed by atoms with van der Waals surface area (Å²) in [5, 5.41) is 13.8. The molecule has 0 unspecified atom stereocenters. The van der Waals surface area contributed by atoms with E-state index in [4.69, 9.17) is 9.26 Å². The normalized spacial score (nSPS) is 23.8. The third-order valence-electron chi connectivity index (χ3n) is 5.02. The van der Waals surface area contributed by atoms with Crippen molar-refractivity contribution in [1.29, 1.82) is 0 Å². The smallest absolute Gasteiger partial charge is 0.145 e. The van der Waals surface area contributed by atoms with Crippen molar-refractivity contribution in [2.45, 2.75) is 64.3 Å². The molecule has 1 N–H and O–H groups in total. The lowest BCUT2D eigenvalue weighted by Crippen LogP contribution is -2.35. The topological polar surface area (TPSA) is 55.5 Å². The molecular formula is C19H23NO3. The molecule has 4 heteroatoms. The predicted molar refractivity (Wildman–Crippen MR) is 87.2 cm³/mol. The maximum absolute atomic E-state index is 9.42. The summed E-state index contributed by atoms with van der Waals surface area (Å²) in [5.74, 6) is 1.51. The minimum absolute atomic E-state index is 0.165. The van der Waals surface area contributed by atoms with Crippen molar-refractivity contribution in [3.8, 4) is 11.3 Å². The highest BCUT2D eigenvalue weighted by molar-refractivity contribution is 5.70. The molecule has 2 saturated carbocycles. The van der Waals surface area contributed by atoms with Crippen LogP contribution in [0.2, 0.25) is 0 Å². The van der Waals surface area contributed by atoms with Crippen LogP contribution >= 0.6 is 0 Å². The summed E-state index contributed by atoms with van der Waals surface area (Å²) in [4.78, 5) is 0. The zero-order valence-corrected chi connectivity index (χ0v) is 13.7. The van der Waals surface area contributed by atoms with Gasteiger partial charge in [-0.05, 0) is 50.7 Å². The van der Waals surface area contributed by atoms with Gasteiger partial charge in [0, 0.05) is 17.0 Å². The summed E-state index contributed by atoms with van der Waals surface area (Å²) in [5.41, 5.74) is 5.62. The Hall–Kier alpha value is -1.65. The minimum Gasteiger partial charge on any atom is -0.393 e. The second kappa shape index (κ2) is 5.77. The van der Waals surface area contributed by atoms with Crippen LogP contribution in [0.1, 0.15) is 54.1 Å². The van der Waals surface area contributed by atoms with E-state index in [9.17, 15) is 5.11 Å². The first-order valence-electron chi connectivity index (χ1n) is 8.48. The molecule has 0 spiro atoms. The molecule has 2 fully saturated rings. The lowest BCUT2D eigenvalue weighted by Gasteiger charge is -2.31. The maximum atomic E-state index is 9.42. The molecule has 2 aliphatic carbocycles. The van der Waals surface area contributed by atoms with Crippen molar-refractivity contribution in [3.63, 3.8) is 0 Å². The van der Waals surface area contributed by atoms with Crippen LogP contribution in [0.4, 0.5) is 0 Å². The minimum atomic E-state index is -0.191. The molecule has 1 heterocycles. The number of hydrogen-bond acceptors (Lipinski definition) is 4. The molecule has 0 bridgehead atoms. The third-order valence-corrected chi connectivity index (χ3v) is 5.02. The fraction of sp³-hybridized carbons (Fsp3) is 0.526. The summed E-state index contributed by atoms with van der Waals surface area (Å²) in [7, 11) is 0. The number of aryl methyl sites for hydroxylation is 2. The zero-order valence-electron chi connectivity index (χ0n) is 13.7. The lowest BCUT2D eigenvalue weighted by molar-refractivity contribution is -0.0779. The quantitative estimate of drug-likeness (QED) is 0.910. The average molecular weight is 313 g/mol. The van der Waals surface area contributed by atoms with Gasteiger partial charge in [0.1, 0.15) is 11.5 Å². The monoisotopic (exact) mass is 313 g/mol. The molecule has 0 radical (unpaired) electrons. The lowest BCUT2D eigenvalue weighted by atomic mass is 9.92. The molecule has 0 saturated heterocycles. The van der Waals surface area contributed by atoms with E-state index in [1.165, 1.54) is 24.0 Å².